The summed E-state index contributed by atoms with van der Waals surface area (Å²) in [5, 5.41) is 0.491. The fourth-order valence-corrected chi connectivity index (χ4v) is 1.27. The number of esters is 1. The van der Waals surface area contributed by atoms with E-state index in [1.165, 1.54) is 6.07 Å². The monoisotopic (exact) mass is 238 g/mol. The maximum absolute atomic E-state index is 11.2. The van der Waals surface area contributed by atoms with Gasteiger partial charge in [-0.15, -0.1) is 0 Å². The molecule has 0 unspecified atom stereocenters. The Morgan fingerprint density at radius 1 is 1.38 bits per heavy atom. The Balaban J connectivity index is 3.01. The van der Waals surface area contributed by atoms with Gasteiger partial charge in [0.15, 0.2) is 6.07 Å². The fourth-order valence-electron chi connectivity index (χ4n) is 0.789. The average Bonchev–Trinajstić information content (AvgIpc) is 2.10. The van der Waals surface area contributed by atoms with Crippen LogP contribution in [0.3, 0.4) is 0 Å². The lowest BCUT2D eigenvalue weighted by Gasteiger charge is -2.03. The van der Waals surface area contributed by atoms with Gasteiger partial charge in [0, 0.05) is 0 Å². The van der Waals surface area contributed by atoms with Gasteiger partial charge in [-0.25, -0.2) is 4.79 Å². The van der Waals surface area contributed by atoms with E-state index in [0.717, 1.165) is 0 Å². The van der Waals surface area contributed by atoms with Crippen molar-refractivity contribution in [2.24, 2.45) is 0 Å². The first-order valence-corrected chi connectivity index (χ1v) is 4.63. The molecule has 0 saturated carbocycles. The molecule has 0 atom stereocenters. The van der Waals surface area contributed by atoms with Gasteiger partial charge in [-0.3, -0.25) is 0 Å². The average molecular weight is 239 g/mol. The third kappa shape index (κ3) is 2.50. The smallest absolute Gasteiger partial charge is 0.340 e. The molecule has 0 amide bonds. The van der Waals surface area contributed by atoms with Crippen LogP contribution in [0.15, 0.2) is 18.2 Å². The molecule has 0 aliphatic rings. The first kappa shape index (κ1) is 10.6. The van der Waals surface area contributed by atoms with Crippen molar-refractivity contribution in [2.45, 2.75) is 0 Å². The highest BCUT2D eigenvalue weighted by Crippen LogP contribution is 2.25. The largest absolute Gasteiger partial charge is 0.446 e. The van der Waals surface area contributed by atoms with Crippen molar-refractivity contribution in [1.29, 1.82) is 0 Å². The zero-order valence-corrected chi connectivity index (χ0v) is 8.66. The zero-order valence-electron chi connectivity index (χ0n) is 6.39. The number of carbonyl (C=O) groups excluding carboxylic acids is 1. The van der Waals surface area contributed by atoms with Crippen molar-refractivity contribution in [2.75, 3.05) is 6.07 Å². The summed E-state index contributed by atoms with van der Waals surface area (Å²) in [6, 6.07) is 4.51. The van der Waals surface area contributed by atoms with Gasteiger partial charge in [-0.05, 0) is 12.1 Å². The highest BCUT2D eigenvalue weighted by atomic mass is 35.5. The van der Waals surface area contributed by atoms with E-state index in [9.17, 15) is 4.79 Å². The zero-order chi connectivity index (χ0) is 9.84. The Hall–Kier alpha value is -0.440. The predicted molar refractivity (Wildman–Crippen MR) is 52.6 cm³/mol. The number of alkyl halides is 1. The van der Waals surface area contributed by atoms with Crippen LogP contribution in [0.25, 0.3) is 0 Å². The maximum atomic E-state index is 11.2. The minimum atomic E-state index is -0.581. The minimum absolute atomic E-state index is 0.180. The van der Waals surface area contributed by atoms with E-state index in [1.807, 2.05) is 0 Å². The van der Waals surface area contributed by atoms with Crippen LogP contribution in [-0.4, -0.2) is 12.0 Å². The van der Waals surface area contributed by atoms with Crippen molar-refractivity contribution in [3.63, 3.8) is 0 Å². The Morgan fingerprint density at radius 2 is 2.08 bits per heavy atom. The predicted octanol–water partition coefficient (Wildman–Crippen LogP) is 3.35. The molecule has 0 N–H and O–H groups in total. The maximum Gasteiger partial charge on any atom is 0.340 e. The molecule has 0 saturated heterocycles. The third-order valence-electron chi connectivity index (χ3n) is 1.36. The summed E-state index contributed by atoms with van der Waals surface area (Å²) in [6.45, 7) is 0. The molecule has 0 aromatic heterocycles. The summed E-state index contributed by atoms with van der Waals surface area (Å²) in [4.78, 5) is 11.2. The SMILES string of the molecule is O=C(OCCl)c1cccc(Cl)c1Cl. The van der Waals surface area contributed by atoms with E-state index in [0.29, 0.717) is 5.02 Å². The van der Waals surface area contributed by atoms with E-state index >= 15 is 0 Å². The lowest BCUT2D eigenvalue weighted by molar-refractivity contribution is 0.0574. The molecule has 0 aliphatic carbocycles. The molecule has 1 rings (SSSR count). The second kappa shape index (κ2) is 4.70. The molecule has 0 fully saturated rings. The van der Waals surface area contributed by atoms with Gasteiger partial charge in [-0.1, -0.05) is 40.9 Å². The molecule has 0 heterocycles. The molecule has 0 spiro atoms. The number of ether oxygens (including phenoxy) is 1. The molecule has 70 valence electrons. The molecule has 0 bridgehead atoms. The van der Waals surface area contributed by atoms with E-state index in [1.54, 1.807) is 12.1 Å². The summed E-state index contributed by atoms with van der Waals surface area (Å²) in [7, 11) is 0. The number of rotatable bonds is 2. The molecule has 13 heavy (non-hydrogen) atoms. The Labute approximate surface area is 90.3 Å². The van der Waals surface area contributed by atoms with Crippen LogP contribution in [0.2, 0.25) is 10.0 Å². The first-order valence-electron chi connectivity index (χ1n) is 3.34. The van der Waals surface area contributed by atoms with Crippen molar-refractivity contribution in [3.8, 4) is 0 Å². The van der Waals surface area contributed by atoms with Gasteiger partial charge in [0.2, 0.25) is 0 Å². The standard InChI is InChI=1S/C8H5Cl3O2/c9-4-13-8(12)5-2-1-3-6(10)7(5)11/h1-3H,4H2. The highest BCUT2D eigenvalue weighted by Gasteiger charge is 2.12. The Kier molecular flexibility index (Phi) is 3.85. The van der Waals surface area contributed by atoms with E-state index in [4.69, 9.17) is 34.8 Å². The molecular weight excluding hydrogens is 234 g/mol. The number of halogens is 3. The Morgan fingerprint density at radius 3 is 2.69 bits per heavy atom. The van der Waals surface area contributed by atoms with Crippen LogP contribution in [0.4, 0.5) is 0 Å². The van der Waals surface area contributed by atoms with Crippen LogP contribution in [-0.2, 0) is 4.74 Å². The highest BCUT2D eigenvalue weighted by molar-refractivity contribution is 6.43. The van der Waals surface area contributed by atoms with Crippen molar-refractivity contribution in [3.05, 3.63) is 33.8 Å². The second-order valence-electron chi connectivity index (χ2n) is 2.14. The van der Waals surface area contributed by atoms with Gasteiger partial charge in [-0.2, -0.15) is 0 Å². The van der Waals surface area contributed by atoms with Crippen molar-refractivity contribution < 1.29 is 9.53 Å². The lowest BCUT2D eigenvalue weighted by atomic mass is 10.2. The van der Waals surface area contributed by atoms with Crippen LogP contribution < -0.4 is 0 Å². The second-order valence-corrected chi connectivity index (χ2v) is 3.15. The quantitative estimate of drug-likeness (QED) is 0.584. The van der Waals surface area contributed by atoms with Crippen LogP contribution in [0, 0.1) is 0 Å². The molecule has 5 heteroatoms. The van der Waals surface area contributed by atoms with Gasteiger partial charge in [0.1, 0.15) is 0 Å². The number of carbonyl (C=O) groups is 1. The normalized spacial score (nSPS) is 9.77. The molecular formula is C8H5Cl3O2. The topological polar surface area (TPSA) is 26.3 Å². The number of hydrogen-bond donors (Lipinski definition) is 0. The summed E-state index contributed by atoms with van der Waals surface area (Å²) < 4.78 is 4.55. The van der Waals surface area contributed by atoms with Gasteiger partial charge in [0.05, 0.1) is 15.6 Å². The summed E-state index contributed by atoms with van der Waals surface area (Å²) in [6.07, 6.45) is 0. The van der Waals surface area contributed by atoms with Crippen molar-refractivity contribution in [1.82, 2.24) is 0 Å². The van der Waals surface area contributed by atoms with E-state index < -0.39 is 5.97 Å². The molecule has 2 nitrogen and oxygen atoms in total. The first-order chi connectivity index (χ1) is 6.16. The van der Waals surface area contributed by atoms with Gasteiger partial charge >= 0.3 is 5.97 Å². The molecule has 1 aromatic carbocycles. The minimum Gasteiger partial charge on any atom is -0.446 e. The molecule has 0 aliphatic heterocycles. The van der Waals surface area contributed by atoms with Gasteiger partial charge < -0.3 is 4.74 Å². The summed E-state index contributed by atoms with van der Waals surface area (Å²) >= 11 is 16.7. The summed E-state index contributed by atoms with van der Waals surface area (Å²) in [5.41, 5.74) is 0.217. The van der Waals surface area contributed by atoms with Gasteiger partial charge in [0.25, 0.3) is 0 Å². The van der Waals surface area contributed by atoms with Crippen LogP contribution >= 0.6 is 34.8 Å². The fraction of sp³-hybridized carbons (Fsp3) is 0.125. The summed E-state index contributed by atoms with van der Waals surface area (Å²) in [5.74, 6) is -0.581. The lowest BCUT2D eigenvalue weighted by Crippen LogP contribution is -2.04. The van der Waals surface area contributed by atoms with Crippen LogP contribution in [0.1, 0.15) is 10.4 Å². The third-order valence-corrected chi connectivity index (χ3v) is 2.29. The Bertz CT molecular complexity index is 325. The van der Waals surface area contributed by atoms with Crippen molar-refractivity contribution >= 4 is 40.8 Å². The molecule has 1 aromatic rings. The molecule has 0 radical (unpaired) electrons. The number of hydrogen-bond acceptors (Lipinski definition) is 2. The van der Waals surface area contributed by atoms with E-state index in [2.05, 4.69) is 4.74 Å². The van der Waals surface area contributed by atoms with E-state index in [-0.39, 0.29) is 16.7 Å². The number of benzene rings is 1. The van der Waals surface area contributed by atoms with Crippen LogP contribution in [0.5, 0.6) is 0 Å².